The predicted octanol–water partition coefficient (Wildman–Crippen LogP) is 1.94. The zero-order valence-electron chi connectivity index (χ0n) is 8.57. The van der Waals surface area contributed by atoms with Crippen molar-refractivity contribution in [1.82, 2.24) is 10.3 Å². The van der Waals surface area contributed by atoms with Crippen molar-refractivity contribution in [1.29, 1.82) is 0 Å². The third kappa shape index (κ3) is 4.69. The Kier molecular flexibility index (Phi) is 5.98. The van der Waals surface area contributed by atoms with Gasteiger partial charge in [0.05, 0.1) is 5.75 Å². The first kappa shape index (κ1) is 13.1. The quantitative estimate of drug-likeness (QED) is 0.513. The van der Waals surface area contributed by atoms with E-state index < -0.39 is 0 Å². The first-order valence-electron chi connectivity index (χ1n) is 4.65. The van der Waals surface area contributed by atoms with E-state index in [-0.39, 0.29) is 5.91 Å². The number of rotatable bonds is 5. The van der Waals surface area contributed by atoms with Crippen LogP contribution in [-0.2, 0) is 0 Å². The van der Waals surface area contributed by atoms with E-state index in [2.05, 4.69) is 32.2 Å². The highest BCUT2D eigenvalue weighted by molar-refractivity contribution is 9.10. The van der Waals surface area contributed by atoms with Gasteiger partial charge in [0.2, 0.25) is 0 Å². The van der Waals surface area contributed by atoms with Crippen molar-refractivity contribution in [3.05, 3.63) is 28.5 Å². The molecule has 16 heavy (non-hydrogen) atoms. The maximum absolute atomic E-state index is 11.6. The van der Waals surface area contributed by atoms with Crippen molar-refractivity contribution in [2.75, 3.05) is 18.1 Å². The van der Waals surface area contributed by atoms with E-state index in [1.807, 2.05) is 0 Å². The smallest absolute Gasteiger partial charge is 0.251 e. The summed E-state index contributed by atoms with van der Waals surface area (Å²) in [4.78, 5) is 15.6. The third-order valence-electron chi connectivity index (χ3n) is 1.71. The predicted molar refractivity (Wildman–Crippen MR) is 70.4 cm³/mol. The number of pyridine rings is 1. The highest BCUT2D eigenvalue weighted by Crippen LogP contribution is 2.07. The zero-order valence-corrected chi connectivity index (χ0v) is 11.0. The second kappa shape index (κ2) is 7.31. The number of nitrogens with one attached hydrogen (secondary N) is 1. The summed E-state index contributed by atoms with van der Waals surface area (Å²) in [5, 5.41) is 2.81. The molecule has 1 heterocycles. The number of halogens is 1. The molecule has 0 atom stereocenters. The summed E-state index contributed by atoms with van der Waals surface area (Å²) in [6, 6.07) is 3.36. The number of aromatic nitrogens is 1. The van der Waals surface area contributed by atoms with Crippen molar-refractivity contribution in [3.63, 3.8) is 0 Å². The lowest BCUT2D eigenvalue weighted by Gasteiger charge is -2.04. The van der Waals surface area contributed by atoms with Gasteiger partial charge < -0.3 is 5.32 Å². The number of carbonyl (C=O) groups is 1. The van der Waals surface area contributed by atoms with Gasteiger partial charge in [-0.1, -0.05) is 5.92 Å². The summed E-state index contributed by atoms with van der Waals surface area (Å²) in [6.07, 6.45) is 6.70. The molecule has 0 saturated heterocycles. The van der Waals surface area contributed by atoms with Crippen molar-refractivity contribution in [2.45, 2.75) is 0 Å². The van der Waals surface area contributed by atoms with Gasteiger partial charge in [-0.05, 0) is 28.1 Å². The number of amides is 1. The molecule has 1 amide bonds. The Morgan fingerprint density at radius 2 is 2.50 bits per heavy atom. The van der Waals surface area contributed by atoms with Crippen LogP contribution in [0.25, 0.3) is 0 Å². The number of nitrogens with zero attached hydrogens (tertiary/aromatic N) is 1. The normalized spacial score (nSPS) is 9.50. The molecule has 0 aliphatic heterocycles. The minimum atomic E-state index is -0.0931. The van der Waals surface area contributed by atoms with Gasteiger partial charge in [-0.2, -0.15) is 0 Å². The fourth-order valence-corrected chi connectivity index (χ4v) is 1.89. The molecule has 84 valence electrons. The Labute approximate surface area is 108 Å². The van der Waals surface area contributed by atoms with Gasteiger partial charge in [0.1, 0.15) is 4.60 Å². The van der Waals surface area contributed by atoms with Crippen LogP contribution >= 0.6 is 27.7 Å². The molecular weight excluding hydrogens is 288 g/mol. The van der Waals surface area contributed by atoms with Crippen LogP contribution in [0.15, 0.2) is 22.9 Å². The van der Waals surface area contributed by atoms with E-state index in [1.54, 1.807) is 30.1 Å². The van der Waals surface area contributed by atoms with Crippen LogP contribution in [0.2, 0.25) is 0 Å². The second-order valence-corrected chi connectivity index (χ2v) is 4.80. The molecule has 0 spiro atoms. The average Bonchev–Trinajstić information content (AvgIpc) is 2.28. The van der Waals surface area contributed by atoms with Crippen LogP contribution in [0.1, 0.15) is 10.4 Å². The summed E-state index contributed by atoms with van der Waals surface area (Å²) < 4.78 is 0.654. The lowest BCUT2D eigenvalue weighted by molar-refractivity contribution is 0.0956. The molecule has 0 fully saturated rings. The monoisotopic (exact) mass is 298 g/mol. The van der Waals surface area contributed by atoms with Crippen LogP contribution in [0.4, 0.5) is 0 Å². The second-order valence-electron chi connectivity index (χ2n) is 2.88. The van der Waals surface area contributed by atoms with Gasteiger partial charge >= 0.3 is 0 Å². The average molecular weight is 299 g/mol. The van der Waals surface area contributed by atoms with E-state index in [9.17, 15) is 4.79 Å². The standard InChI is InChI=1S/C11H11BrN2OS/c1-2-6-16-7-5-14-11(15)9-3-4-13-10(12)8-9/h1,3-4,8H,5-7H2,(H,14,15). The molecule has 0 aliphatic carbocycles. The number of thioether (sulfide) groups is 1. The molecule has 0 unspecified atom stereocenters. The maximum Gasteiger partial charge on any atom is 0.251 e. The van der Waals surface area contributed by atoms with E-state index in [1.165, 1.54) is 0 Å². The molecule has 0 radical (unpaired) electrons. The highest BCUT2D eigenvalue weighted by Gasteiger charge is 2.04. The Morgan fingerprint density at radius 1 is 1.69 bits per heavy atom. The Morgan fingerprint density at radius 3 is 3.19 bits per heavy atom. The van der Waals surface area contributed by atoms with Crippen LogP contribution < -0.4 is 5.32 Å². The van der Waals surface area contributed by atoms with Gasteiger partial charge in [0.25, 0.3) is 5.91 Å². The molecule has 1 rings (SSSR count). The molecule has 1 aromatic heterocycles. The van der Waals surface area contributed by atoms with E-state index in [0.29, 0.717) is 22.5 Å². The fraction of sp³-hybridized carbons (Fsp3) is 0.273. The molecule has 3 nitrogen and oxygen atoms in total. The van der Waals surface area contributed by atoms with Crippen LogP contribution in [0.3, 0.4) is 0 Å². The summed E-state index contributed by atoms with van der Waals surface area (Å²) in [7, 11) is 0. The summed E-state index contributed by atoms with van der Waals surface area (Å²) in [5.74, 6) is 3.94. The molecule has 0 aliphatic rings. The fourth-order valence-electron chi connectivity index (χ4n) is 1.01. The van der Waals surface area contributed by atoms with Crippen LogP contribution in [0, 0.1) is 12.3 Å². The minimum Gasteiger partial charge on any atom is -0.351 e. The highest BCUT2D eigenvalue weighted by atomic mass is 79.9. The van der Waals surface area contributed by atoms with Gasteiger partial charge in [-0.25, -0.2) is 4.98 Å². The van der Waals surface area contributed by atoms with Crippen molar-refractivity contribution < 1.29 is 4.79 Å². The maximum atomic E-state index is 11.6. The van der Waals surface area contributed by atoms with Crippen LogP contribution in [0.5, 0.6) is 0 Å². The molecule has 1 aromatic rings. The van der Waals surface area contributed by atoms with E-state index >= 15 is 0 Å². The Hall–Kier alpha value is -0.990. The van der Waals surface area contributed by atoms with E-state index in [0.717, 1.165) is 5.75 Å². The first-order valence-corrected chi connectivity index (χ1v) is 6.60. The lowest BCUT2D eigenvalue weighted by atomic mass is 10.2. The Balaban J connectivity index is 2.33. The number of carbonyl (C=O) groups excluding carboxylic acids is 1. The molecular formula is C11H11BrN2OS. The molecule has 1 N–H and O–H groups in total. The Bertz CT molecular complexity index is 403. The lowest BCUT2D eigenvalue weighted by Crippen LogP contribution is -2.25. The van der Waals surface area contributed by atoms with Gasteiger partial charge in [0, 0.05) is 24.1 Å². The van der Waals surface area contributed by atoms with Crippen molar-refractivity contribution >= 4 is 33.6 Å². The van der Waals surface area contributed by atoms with Gasteiger partial charge in [0.15, 0.2) is 0 Å². The van der Waals surface area contributed by atoms with E-state index in [4.69, 9.17) is 6.42 Å². The number of hydrogen-bond acceptors (Lipinski definition) is 3. The van der Waals surface area contributed by atoms with Gasteiger partial charge in [-0.3, -0.25) is 4.79 Å². The van der Waals surface area contributed by atoms with Crippen LogP contribution in [-0.4, -0.2) is 28.9 Å². The minimum absolute atomic E-state index is 0.0931. The summed E-state index contributed by atoms with van der Waals surface area (Å²) >= 11 is 4.84. The topological polar surface area (TPSA) is 42.0 Å². The zero-order chi connectivity index (χ0) is 11.8. The number of hydrogen-bond donors (Lipinski definition) is 1. The van der Waals surface area contributed by atoms with Crippen molar-refractivity contribution in [3.8, 4) is 12.3 Å². The molecule has 0 aromatic carbocycles. The largest absolute Gasteiger partial charge is 0.351 e. The number of terminal acetylenes is 1. The molecule has 0 bridgehead atoms. The van der Waals surface area contributed by atoms with Crippen molar-refractivity contribution in [2.24, 2.45) is 0 Å². The van der Waals surface area contributed by atoms with Gasteiger partial charge in [-0.15, -0.1) is 18.2 Å². The SMILES string of the molecule is C#CCSCCNC(=O)c1ccnc(Br)c1. The molecule has 0 saturated carbocycles. The summed E-state index contributed by atoms with van der Waals surface area (Å²) in [6.45, 7) is 0.616. The third-order valence-corrected chi connectivity index (χ3v) is 3.00. The summed E-state index contributed by atoms with van der Waals surface area (Å²) in [5.41, 5.74) is 0.601. The molecule has 5 heteroatoms. The first-order chi connectivity index (χ1) is 7.74.